The Balaban J connectivity index is 2.18. The number of methoxy groups -OCH3 is 1. The molecule has 2 aromatic rings. The molecule has 0 atom stereocenters. The second-order valence-corrected chi connectivity index (χ2v) is 9.84. The van der Waals surface area contributed by atoms with Crippen molar-refractivity contribution >= 4 is 39.1 Å². The molecule has 0 heterocycles. The van der Waals surface area contributed by atoms with Gasteiger partial charge >= 0.3 is 6.09 Å². The van der Waals surface area contributed by atoms with Gasteiger partial charge in [-0.2, -0.15) is 0 Å². The second kappa shape index (κ2) is 10.4. The summed E-state index contributed by atoms with van der Waals surface area (Å²) in [5.41, 5.74) is 0.610. The topological polar surface area (TPSA) is 123 Å². The molecule has 0 saturated carbocycles. The number of hydrogen-bond donors (Lipinski definition) is 3. The maximum atomic E-state index is 12.7. The molecule has 0 unspecified atom stereocenters. The van der Waals surface area contributed by atoms with Gasteiger partial charge in [0.2, 0.25) is 10.0 Å². The fourth-order valence-corrected chi connectivity index (χ4v) is 3.85. The third kappa shape index (κ3) is 7.77. The van der Waals surface area contributed by atoms with Crippen molar-refractivity contribution in [1.82, 2.24) is 0 Å². The SMILES string of the molecule is CCCS(=O)(=O)Nc1cccc(C(=O)Nc2ccc(OC)c(NC(=O)OC(C)(C)C)c2)c1. The Morgan fingerprint density at radius 1 is 1.00 bits per heavy atom. The number of hydrogen-bond acceptors (Lipinski definition) is 6. The zero-order valence-corrected chi connectivity index (χ0v) is 19.6. The zero-order chi connectivity index (χ0) is 23.9. The van der Waals surface area contributed by atoms with Crippen LogP contribution >= 0.6 is 0 Å². The van der Waals surface area contributed by atoms with E-state index in [4.69, 9.17) is 9.47 Å². The molecular weight excluding hydrogens is 434 g/mol. The highest BCUT2D eigenvalue weighted by Crippen LogP contribution is 2.29. The van der Waals surface area contributed by atoms with Gasteiger partial charge in [0, 0.05) is 16.9 Å². The first-order valence-electron chi connectivity index (χ1n) is 10.0. The predicted octanol–water partition coefficient (Wildman–Crippen LogP) is 4.45. The van der Waals surface area contributed by atoms with Crippen LogP contribution in [0.3, 0.4) is 0 Å². The Morgan fingerprint density at radius 3 is 2.34 bits per heavy atom. The maximum Gasteiger partial charge on any atom is 0.412 e. The molecule has 10 heteroatoms. The molecule has 2 amide bonds. The molecule has 2 rings (SSSR count). The van der Waals surface area contributed by atoms with Gasteiger partial charge in [0.15, 0.2) is 0 Å². The highest BCUT2D eigenvalue weighted by Gasteiger charge is 2.18. The van der Waals surface area contributed by atoms with Gasteiger partial charge in [-0.3, -0.25) is 14.8 Å². The lowest BCUT2D eigenvalue weighted by molar-refractivity contribution is 0.0635. The largest absolute Gasteiger partial charge is 0.495 e. The number of anilines is 3. The van der Waals surface area contributed by atoms with E-state index in [0.717, 1.165) is 0 Å². The number of rotatable bonds is 8. The fourth-order valence-electron chi connectivity index (χ4n) is 2.72. The first-order chi connectivity index (χ1) is 14.9. The normalized spacial score (nSPS) is 11.4. The first kappa shape index (κ1) is 25.0. The number of nitrogens with one attached hydrogen (secondary N) is 3. The van der Waals surface area contributed by atoms with E-state index in [1.54, 1.807) is 58.0 Å². The quantitative estimate of drug-likeness (QED) is 0.532. The number of carbonyl (C=O) groups is 2. The van der Waals surface area contributed by atoms with E-state index in [0.29, 0.717) is 29.2 Å². The van der Waals surface area contributed by atoms with Crippen LogP contribution in [0.15, 0.2) is 42.5 Å². The summed E-state index contributed by atoms with van der Waals surface area (Å²) in [6.45, 7) is 7.01. The van der Waals surface area contributed by atoms with Crippen LogP contribution in [0, 0.1) is 0 Å². The minimum absolute atomic E-state index is 0.0112. The van der Waals surface area contributed by atoms with Gasteiger partial charge in [0.1, 0.15) is 11.4 Å². The van der Waals surface area contributed by atoms with Gasteiger partial charge in [-0.05, 0) is 63.6 Å². The monoisotopic (exact) mass is 463 g/mol. The Labute approximate surface area is 188 Å². The molecule has 0 radical (unpaired) electrons. The zero-order valence-electron chi connectivity index (χ0n) is 18.8. The first-order valence-corrected chi connectivity index (χ1v) is 11.7. The number of ether oxygens (including phenoxy) is 2. The summed E-state index contributed by atoms with van der Waals surface area (Å²) in [7, 11) is -2.01. The molecular formula is C22H29N3O6S. The van der Waals surface area contributed by atoms with Gasteiger partial charge in [-0.1, -0.05) is 13.0 Å². The summed E-state index contributed by atoms with van der Waals surface area (Å²) >= 11 is 0. The van der Waals surface area contributed by atoms with Crippen LogP contribution < -0.4 is 20.1 Å². The lowest BCUT2D eigenvalue weighted by Crippen LogP contribution is -2.27. The minimum atomic E-state index is -3.47. The van der Waals surface area contributed by atoms with Crippen molar-refractivity contribution in [2.45, 2.75) is 39.7 Å². The van der Waals surface area contributed by atoms with Crippen molar-refractivity contribution in [2.75, 3.05) is 28.2 Å². The summed E-state index contributed by atoms with van der Waals surface area (Å²) in [5.74, 6) is -0.0704. The Hall–Kier alpha value is -3.27. The standard InChI is InChI=1S/C22H29N3O6S/c1-6-12-32(28,29)25-17-9-7-8-15(13-17)20(26)23-16-10-11-19(30-5)18(14-16)24-21(27)31-22(2,3)4/h7-11,13-14,25H,6,12H2,1-5H3,(H,23,26)(H,24,27). The van der Waals surface area contributed by atoms with Crippen LogP contribution in [0.5, 0.6) is 5.75 Å². The van der Waals surface area contributed by atoms with Crippen LogP contribution in [0.2, 0.25) is 0 Å². The molecule has 9 nitrogen and oxygen atoms in total. The molecule has 0 aromatic heterocycles. The van der Waals surface area contributed by atoms with Crippen LogP contribution in [0.25, 0.3) is 0 Å². The Morgan fingerprint density at radius 2 is 1.72 bits per heavy atom. The van der Waals surface area contributed by atoms with Gasteiger partial charge in [-0.15, -0.1) is 0 Å². The van der Waals surface area contributed by atoms with E-state index < -0.39 is 27.6 Å². The van der Waals surface area contributed by atoms with Crippen molar-refractivity contribution in [1.29, 1.82) is 0 Å². The van der Waals surface area contributed by atoms with E-state index in [1.807, 2.05) is 0 Å². The average Bonchev–Trinajstić information content (AvgIpc) is 2.66. The van der Waals surface area contributed by atoms with Crippen LogP contribution in [0.1, 0.15) is 44.5 Å². The Bertz CT molecular complexity index is 1080. The van der Waals surface area contributed by atoms with E-state index in [2.05, 4.69) is 15.4 Å². The molecule has 174 valence electrons. The summed E-state index contributed by atoms with van der Waals surface area (Å²) < 4.78 is 36.9. The van der Waals surface area contributed by atoms with Crippen LogP contribution in [-0.4, -0.2) is 38.9 Å². The van der Waals surface area contributed by atoms with E-state index in [9.17, 15) is 18.0 Å². The second-order valence-electron chi connectivity index (χ2n) is 8.00. The van der Waals surface area contributed by atoms with Crippen molar-refractivity contribution in [3.8, 4) is 5.75 Å². The van der Waals surface area contributed by atoms with Gasteiger partial charge < -0.3 is 14.8 Å². The minimum Gasteiger partial charge on any atom is -0.495 e. The molecule has 0 spiro atoms. The summed E-state index contributed by atoms with van der Waals surface area (Å²) in [4.78, 5) is 24.8. The molecule has 0 aliphatic heterocycles. The number of amides is 2. The van der Waals surface area contributed by atoms with Gasteiger partial charge in [0.05, 0.1) is 18.6 Å². The van der Waals surface area contributed by atoms with Crippen LogP contribution in [0.4, 0.5) is 21.9 Å². The number of benzene rings is 2. The molecule has 3 N–H and O–H groups in total. The third-order valence-electron chi connectivity index (χ3n) is 3.96. The van der Waals surface area contributed by atoms with Gasteiger partial charge in [-0.25, -0.2) is 13.2 Å². The molecule has 2 aromatic carbocycles. The van der Waals surface area contributed by atoms with E-state index in [-0.39, 0.29) is 11.3 Å². The number of sulfonamides is 1. The lowest BCUT2D eigenvalue weighted by atomic mass is 10.2. The lowest BCUT2D eigenvalue weighted by Gasteiger charge is -2.20. The van der Waals surface area contributed by atoms with E-state index in [1.165, 1.54) is 19.2 Å². The van der Waals surface area contributed by atoms with Crippen molar-refractivity contribution in [3.63, 3.8) is 0 Å². The highest BCUT2D eigenvalue weighted by molar-refractivity contribution is 7.92. The molecule has 0 aliphatic carbocycles. The van der Waals surface area contributed by atoms with Gasteiger partial charge in [0.25, 0.3) is 5.91 Å². The Kier molecular flexibility index (Phi) is 8.09. The summed E-state index contributed by atoms with van der Waals surface area (Å²) in [6.07, 6.45) is -0.182. The molecule has 0 fully saturated rings. The van der Waals surface area contributed by atoms with Crippen molar-refractivity contribution in [3.05, 3.63) is 48.0 Å². The molecule has 0 saturated heterocycles. The van der Waals surface area contributed by atoms with E-state index >= 15 is 0 Å². The summed E-state index contributed by atoms with van der Waals surface area (Å²) in [6, 6.07) is 10.9. The predicted molar refractivity (Wildman–Crippen MR) is 125 cm³/mol. The number of carbonyl (C=O) groups excluding carboxylic acids is 2. The molecule has 0 aliphatic rings. The average molecular weight is 464 g/mol. The highest BCUT2D eigenvalue weighted by atomic mass is 32.2. The molecule has 32 heavy (non-hydrogen) atoms. The molecule has 0 bridgehead atoms. The maximum absolute atomic E-state index is 12.7. The fraction of sp³-hybridized carbons (Fsp3) is 0.364. The smallest absolute Gasteiger partial charge is 0.412 e. The van der Waals surface area contributed by atoms with Crippen molar-refractivity contribution in [2.24, 2.45) is 0 Å². The third-order valence-corrected chi connectivity index (χ3v) is 5.46. The van der Waals surface area contributed by atoms with Crippen LogP contribution in [-0.2, 0) is 14.8 Å². The summed E-state index contributed by atoms with van der Waals surface area (Å²) in [5, 5.41) is 5.33. The van der Waals surface area contributed by atoms with Crippen molar-refractivity contribution < 1.29 is 27.5 Å².